The van der Waals surface area contributed by atoms with E-state index in [2.05, 4.69) is 10.3 Å². The molecule has 0 saturated carbocycles. The first-order chi connectivity index (χ1) is 10.7. The van der Waals surface area contributed by atoms with E-state index in [-0.39, 0.29) is 17.0 Å². The summed E-state index contributed by atoms with van der Waals surface area (Å²) in [7, 11) is 0. The summed E-state index contributed by atoms with van der Waals surface area (Å²) in [4.78, 5) is 25.7. The molecule has 2 aromatic rings. The Labute approximate surface area is 133 Å². The largest absolute Gasteiger partial charge is 0.494 e. The second kappa shape index (κ2) is 8.24. The van der Waals surface area contributed by atoms with Gasteiger partial charge in [0.05, 0.1) is 6.61 Å². The highest BCUT2D eigenvalue weighted by Crippen LogP contribution is 2.15. The maximum Gasteiger partial charge on any atom is 0.260 e. The number of rotatable bonds is 7. The predicted octanol–water partition coefficient (Wildman–Crippen LogP) is 2.62. The topological polar surface area (TPSA) is 71.2 Å². The number of H-pyrrole nitrogens is 1. The third-order valence-corrected chi connectivity index (χ3v) is 3.25. The molecule has 0 fully saturated rings. The van der Waals surface area contributed by atoms with Crippen LogP contribution in [0.5, 0.6) is 5.75 Å². The standard InChI is InChI=1S/C16H17ClN2O3/c17-12-5-7-13(8-6-12)22-11-2-1-9-18-15(20)14-4-3-10-19-16(14)21/h3-8,10H,1-2,9,11H2,(H,18,20)(H,19,21). The molecule has 0 unspecified atom stereocenters. The number of ether oxygens (including phenoxy) is 1. The van der Waals surface area contributed by atoms with Gasteiger partial charge in [0.1, 0.15) is 11.3 Å². The van der Waals surface area contributed by atoms with E-state index >= 15 is 0 Å². The van der Waals surface area contributed by atoms with Gasteiger partial charge in [-0.15, -0.1) is 0 Å². The number of hydrogen-bond acceptors (Lipinski definition) is 3. The number of nitrogens with one attached hydrogen (secondary N) is 2. The van der Waals surface area contributed by atoms with Crippen LogP contribution >= 0.6 is 11.6 Å². The highest BCUT2D eigenvalue weighted by molar-refractivity contribution is 6.30. The van der Waals surface area contributed by atoms with Crippen LogP contribution < -0.4 is 15.6 Å². The SMILES string of the molecule is O=C(NCCCCOc1ccc(Cl)cc1)c1ccc[nH]c1=O. The fourth-order valence-electron chi connectivity index (χ4n) is 1.85. The lowest BCUT2D eigenvalue weighted by Gasteiger charge is -2.07. The number of carbonyl (C=O) groups excluding carboxylic acids is 1. The van der Waals surface area contributed by atoms with Gasteiger partial charge in [-0.2, -0.15) is 0 Å². The van der Waals surface area contributed by atoms with Crippen molar-refractivity contribution in [3.8, 4) is 5.75 Å². The Balaban J connectivity index is 1.63. The van der Waals surface area contributed by atoms with Crippen molar-refractivity contribution < 1.29 is 9.53 Å². The summed E-state index contributed by atoms with van der Waals surface area (Å²) in [5.41, 5.74) is -0.258. The fourth-order valence-corrected chi connectivity index (χ4v) is 1.97. The van der Waals surface area contributed by atoms with Gasteiger partial charge in [0.2, 0.25) is 0 Å². The molecule has 1 amide bonds. The van der Waals surface area contributed by atoms with E-state index in [0.717, 1.165) is 18.6 Å². The molecule has 0 aliphatic rings. The van der Waals surface area contributed by atoms with Crippen molar-refractivity contribution in [2.24, 2.45) is 0 Å². The van der Waals surface area contributed by atoms with Crippen molar-refractivity contribution >= 4 is 17.5 Å². The number of aromatic nitrogens is 1. The van der Waals surface area contributed by atoms with Gasteiger partial charge in [-0.3, -0.25) is 9.59 Å². The molecule has 0 saturated heterocycles. The minimum absolute atomic E-state index is 0.125. The molecular weight excluding hydrogens is 304 g/mol. The Morgan fingerprint density at radius 3 is 2.68 bits per heavy atom. The molecule has 0 aliphatic carbocycles. The lowest BCUT2D eigenvalue weighted by atomic mass is 10.2. The second-order valence-electron chi connectivity index (χ2n) is 4.68. The van der Waals surface area contributed by atoms with Gasteiger partial charge in [0.15, 0.2) is 0 Å². The molecule has 2 N–H and O–H groups in total. The van der Waals surface area contributed by atoms with Crippen molar-refractivity contribution in [3.63, 3.8) is 0 Å². The number of hydrogen-bond donors (Lipinski definition) is 2. The molecular formula is C16H17ClN2O3. The molecule has 5 nitrogen and oxygen atoms in total. The van der Waals surface area contributed by atoms with E-state index < -0.39 is 0 Å². The van der Waals surface area contributed by atoms with Gasteiger partial charge in [0.25, 0.3) is 11.5 Å². The van der Waals surface area contributed by atoms with E-state index in [4.69, 9.17) is 16.3 Å². The summed E-state index contributed by atoms with van der Waals surface area (Å²) in [5.74, 6) is 0.407. The number of unbranched alkanes of at least 4 members (excludes halogenated alkanes) is 1. The van der Waals surface area contributed by atoms with E-state index in [1.807, 2.05) is 12.1 Å². The van der Waals surface area contributed by atoms with Crippen molar-refractivity contribution in [2.75, 3.05) is 13.2 Å². The quantitative estimate of drug-likeness (QED) is 0.770. The Kier molecular flexibility index (Phi) is 6.03. The summed E-state index contributed by atoms with van der Waals surface area (Å²) in [5, 5.41) is 3.39. The number of pyridine rings is 1. The summed E-state index contributed by atoms with van der Waals surface area (Å²) >= 11 is 5.79. The molecule has 22 heavy (non-hydrogen) atoms. The number of aromatic amines is 1. The normalized spacial score (nSPS) is 10.2. The fraction of sp³-hybridized carbons (Fsp3) is 0.250. The zero-order valence-electron chi connectivity index (χ0n) is 12.0. The van der Waals surface area contributed by atoms with Crippen LogP contribution in [0.3, 0.4) is 0 Å². The second-order valence-corrected chi connectivity index (χ2v) is 5.11. The summed E-state index contributed by atoms with van der Waals surface area (Å²) in [6.07, 6.45) is 3.06. The van der Waals surface area contributed by atoms with Crippen molar-refractivity contribution in [1.82, 2.24) is 10.3 Å². The van der Waals surface area contributed by atoms with Crippen LogP contribution in [0.15, 0.2) is 47.4 Å². The van der Waals surface area contributed by atoms with Gasteiger partial charge < -0.3 is 15.0 Å². The maximum atomic E-state index is 11.8. The van der Waals surface area contributed by atoms with Crippen molar-refractivity contribution in [2.45, 2.75) is 12.8 Å². The van der Waals surface area contributed by atoms with Crippen LogP contribution in [0.4, 0.5) is 0 Å². The molecule has 0 atom stereocenters. The highest BCUT2D eigenvalue weighted by atomic mass is 35.5. The van der Waals surface area contributed by atoms with Gasteiger partial charge in [-0.05, 0) is 49.2 Å². The predicted molar refractivity (Wildman–Crippen MR) is 85.6 cm³/mol. The maximum absolute atomic E-state index is 11.8. The van der Waals surface area contributed by atoms with Crippen LogP contribution in [-0.4, -0.2) is 24.0 Å². The van der Waals surface area contributed by atoms with Gasteiger partial charge in [0, 0.05) is 17.8 Å². The summed E-state index contributed by atoms with van der Waals surface area (Å²) in [6.45, 7) is 1.06. The molecule has 6 heteroatoms. The van der Waals surface area contributed by atoms with Crippen LogP contribution in [0.25, 0.3) is 0 Å². The lowest BCUT2D eigenvalue weighted by Crippen LogP contribution is -2.30. The lowest BCUT2D eigenvalue weighted by molar-refractivity contribution is 0.0951. The number of halogens is 1. The average Bonchev–Trinajstić information content (AvgIpc) is 2.52. The minimum atomic E-state index is -0.383. The van der Waals surface area contributed by atoms with Crippen LogP contribution in [0.1, 0.15) is 23.2 Å². The summed E-state index contributed by atoms with van der Waals surface area (Å²) < 4.78 is 5.55. The Morgan fingerprint density at radius 1 is 1.18 bits per heavy atom. The third kappa shape index (κ3) is 4.93. The zero-order valence-corrected chi connectivity index (χ0v) is 12.7. The van der Waals surface area contributed by atoms with Crippen molar-refractivity contribution in [1.29, 1.82) is 0 Å². The Hall–Kier alpha value is -2.27. The number of benzene rings is 1. The van der Waals surface area contributed by atoms with Crippen LogP contribution in [0.2, 0.25) is 5.02 Å². The molecule has 0 spiro atoms. The van der Waals surface area contributed by atoms with Gasteiger partial charge >= 0.3 is 0 Å². The summed E-state index contributed by atoms with van der Waals surface area (Å²) in [6, 6.07) is 10.3. The van der Waals surface area contributed by atoms with Crippen LogP contribution in [0, 0.1) is 0 Å². The zero-order chi connectivity index (χ0) is 15.8. The molecule has 0 bridgehead atoms. The minimum Gasteiger partial charge on any atom is -0.494 e. The van der Waals surface area contributed by atoms with E-state index in [1.54, 1.807) is 18.2 Å². The molecule has 1 aromatic heterocycles. The van der Waals surface area contributed by atoms with Crippen molar-refractivity contribution in [3.05, 3.63) is 63.5 Å². The molecule has 2 rings (SSSR count). The highest BCUT2D eigenvalue weighted by Gasteiger charge is 2.08. The van der Waals surface area contributed by atoms with Gasteiger partial charge in [-0.1, -0.05) is 11.6 Å². The van der Waals surface area contributed by atoms with E-state index in [0.29, 0.717) is 18.2 Å². The first-order valence-corrected chi connectivity index (χ1v) is 7.39. The smallest absolute Gasteiger partial charge is 0.260 e. The first kappa shape index (κ1) is 16.1. The third-order valence-electron chi connectivity index (χ3n) is 3.00. The molecule has 1 aromatic carbocycles. The van der Waals surface area contributed by atoms with E-state index in [1.165, 1.54) is 12.3 Å². The Bertz CT molecular complexity index is 668. The molecule has 1 heterocycles. The monoisotopic (exact) mass is 320 g/mol. The molecule has 0 aliphatic heterocycles. The Morgan fingerprint density at radius 2 is 1.95 bits per heavy atom. The first-order valence-electron chi connectivity index (χ1n) is 7.01. The molecule has 0 radical (unpaired) electrons. The van der Waals surface area contributed by atoms with E-state index in [9.17, 15) is 9.59 Å². The van der Waals surface area contributed by atoms with Gasteiger partial charge in [-0.25, -0.2) is 0 Å². The van der Waals surface area contributed by atoms with Crippen LogP contribution in [-0.2, 0) is 0 Å². The average molecular weight is 321 g/mol. The number of carbonyl (C=O) groups is 1. The number of amides is 1. The molecule has 116 valence electrons.